The van der Waals surface area contributed by atoms with E-state index in [9.17, 15) is 18.0 Å². The smallest absolute Gasteiger partial charge is 0.303 e. The Hall–Kier alpha value is -1.85. The summed E-state index contributed by atoms with van der Waals surface area (Å²) < 4.78 is 39.1. The van der Waals surface area contributed by atoms with Crippen molar-refractivity contribution in [3.05, 3.63) is 35.9 Å². The highest BCUT2D eigenvalue weighted by molar-refractivity contribution is 6.04. The zero-order valence-electron chi connectivity index (χ0n) is 10.4. The molecule has 0 saturated heterocycles. The SMILES string of the molecule is CCCCc1nc(C(=O)C(F)(F)F)c2ccccn12. The second-order valence-electron chi connectivity index (χ2n) is 4.26. The topological polar surface area (TPSA) is 34.4 Å². The Morgan fingerprint density at radius 3 is 2.74 bits per heavy atom. The van der Waals surface area contributed by atoms with Gasteiger partial charge in [0.2, 0.25) is 0 Å². The van der Waals surface area contributed by atoms with Crippen molar-refractivity contribution in [1.29, 1.82) is 0 Å². The number of hydrogen-bond donors (Lipinski definition) is 0. The van der Waals surface area contributed by atoms with Crippen molar-refractivity contribution in [3.63, 3.8) is 0 Å². The van der Waals surface area contributed by atoms with E-state index in [4.69, 9.17) is 0 Å². The molecule has 0 saturated carbocycles. The number of alkyl halides is 3. The summed E-state index contributed by atoms with van der Waals surface area (Å²) in [6.45, 7) is 1.98. The zero-order chi connectivity index (χ0) is 14.0. The maximum Gasteiger partial charge on any atom is 0.456 e. The Morgan fingerprint density at radius 2 is 2.11 bits per heavy atom. The van der Waals surface area contributed by atoms with Crippen molar-refractivity contribution in [1.82, 2.24) is 9.38 Å². The van der Waals surface area contributed by atoms with Crippen molar-refractivity contribution < 1.29 is 18.0 Å². The number of rotatable bonds is 4. The molecule has 0 fully saturated rings. The molecule has 2 aromatic rings. The standard InChI is InChI=1S/C13H13F3N2O/c1-2-3-7-10-17-11(12(19)13(14,15)16)9-6-4-5-8-18(9)10/h4-6,8H,2-3,7H2,1H3. The normalized spacial score (nSPS) is 12.0. The van der Waals surface area contributed by atoms with Gasteiger partial charge in [-0.1, -0.05) is 19.4 Å². The number of halogens is 3. The second-order valence-corrected chi connectivity index (χ2v) is 4.26. The molecule has 0 bridgehead atoms. The third kappa shape index (κ3) is 2.62. The molecule has 102 valence electrons. The highest BCUT2D eigenvalue weighted by atomic mass is 19.4. The van der Waals surface area contributed by atoms with Gasteiger partial charge in [-0.3, -0.25) is 4.79 Å². The largest absolute Gasteiger partial charge is 0.456 e. The van der Waals surface area contributed by atoms with Crippen molar-refractivity contribution in [2.75, 3.05) is 0 Å². The van der Waals surface area contributed by atoms with Crippen LogP contribution in [0.4, 0.5) is 13.2 Å². The number of unbranched alkanes of at least 4 members (excludes halogenated alkanes) is 1. The predicted molar refractivity (Wildman–Crippen MR) is 64.2 cm³/mol. The van der Waals surface area contributed by atoms with Gasteiger partial charge in [0, 0.05) is 12.6 Å². The molecule has 0 unspecified atom stereocenters. The first kappa shape index (κ1) is 13.6. The summed E-state index contributed by atoms with van der Waals surface area (Å²) in [6, 6.07) is 4.77. The van der Waals surface area contributed by atoms with Gasteiger partial charge in [-0.15, -0.1) is 0 Å². The molecular weight excluding hydrogens is 257 g/mol. The average Bonchev–Trinajstić information content (AvgIpc) is 2.73. The monoisotopic (exact) mass is 270 g/mol. The summed E-state index contributed by atoms with van der Waals surface area (Å²) in [7, 11) is 0. The van der Waals surface area contributed by atoms with Crippen LogP contribution in [0.1, 0.15) is 36.1 Å². The van der Waals surface area contributed by atoms with Crippen LogP contribution in [0.15, 0.2) is 24.4 Å². The molecule has 0 aliphatic rings. The first-order valence-electron chi connectivity index (χ1n) is 6.02. The van der Waals surface area contributed by atoms with E-state index in [0.717, 1.165) is 12.8 Å². The lowest BCUT2D eigenvalue weighted by Gasteiger charge is -2.02. The fraction of sp³-hybridized carbons (Fsp3) is 0.385. The summed E-state index contributed by atoms with van der Waals surface area (Å²) in [5.41, 5.74) is -0.310. The van der Waals surface area contributed by atoms with Gasteiger partial charge in [-0.25, -0.2) is 4.98 Å². The van der Waals surface area contributed by atoms with Crippen LogP contribution < -0.4 is 0 Å². The lowest BCUT2D eigenvalue weighted by atomic mass is 10.2. The van der Waals surface area contributed by atoms with Crippen LogP contribution in [-0.2, 0) is 6.42 Å². The Morgan fingerprint density at radius 1 is 1.37 bits per heavy atom. The lowest BCUT2D eigenvalue weighted by Crippen LogP contribution is -2.23. The third-order valence-corrected chi connectivity index (χ3v) is 2.85. The van der Waals surface area contributed by atoms with Crippen molar-refractivity contribution in [3.8, 4) is 0 Å². The van der Waals surface area contributed by atoms with Crippen LogP contribution >= 0.6 is 0 Å². The van der Waals surface area contributed by atoms with Gasteiger partial charge in [0.05, 0.1) is 5.52 Å². The van der Waals surface area contributed by atoms with E-state index in [-0.39, 0.29) is 5.52 Å². The molecule has 2 rings (SSSR count). The summed E-state index contributed by atoms with van der Waals surface area (Å²) in [6.07, 6.45) is -1.00. The quantitative estimate of drug-likeness (QED) is 0.798. The summed E-state index contributed by atoms with van der Waals surface area (Å²) in [5, 5.41) is 0. The molecule has 6 heteroatoms. The van der Waals surface area contributed by atoms with Crippen molar-refractivity contribution >= 4 is 11.3 Å². The van der Waals surface area contributed by atoms with E-state index in [1.54, 1.807) is 22.7 Å². The zero-order valence-corrected chi connectivity index (χ0v) is 10.4. The molecule has 0 spiro atoms. The van der Waals surface area contributed by atoms with E-state index in [2.05, 4.69) is 4.98 Å². The molecule has 2 aromatic heterocycles. The minimum atomic E-state index is -4.90. The average molecular weight is 270 g/mol. The van der Waals surface area contributed by atoms with Crippen LogP contribution in [0.3, 0.4) is 0 Å². The molecule has 0 N–H and O–H groups in total. The van der Waals surface area contributed by atoms with Gasteiger partial charge in [0.15, 0.2) is 0 Å². The van der Waals surface area contributed by atoms with Gasteiger partial charge in [-0.05, 0) is 18.6 Å². The molecule has 0 aromatic carbocycles. The van der Waals surface area contributed by atoms with Crippen LogP contribution in [0, 0.1) is 0 Å². The number of hydrogen-bond acceptors (Lipinski definition) is 2. The Bertz CT molecular complexity index is 601. The number of nitrogens with zero attached hydrogens (tertiary/aromatic N) is 2. The van der Waals surface area contributed by atoms with E-state index in [1.807, 2.05) is 6.92 Å². The first-order valence-corrected chi connectivity index (χ1v) is 6.02. The highest BCUT2D eigenvalue weighted by Crippen LogP contribution is 2.24. The Balaban J connectivity index is 2.53. The molecular formula is C13H13F3N2O. The number of fused-ring (bicyclic) bond motifs is 1. The maximum absolute atomic E-state index is 12.5. The first-order chi connectivity index (χ1) is 8.95. The van der Waals surface area contributed by atoms with Gasteiger partial charge in [0.25, 0.3) is 5.78 Å². The van der Waals surface area contributed by atoms with E-state index in [0.29, 0.717) is 12.2 Å². The maximum atomic E-state index is 12.5. The van der Waals surface area contributed by atoms with Gasteiger partial charge in [-0.2, -0.15) is 13.2 Å². The fourth-order valence-electron chi connectivity index (χ4n) is 1.91. The van der Waals surface area contributed by atoms with Crippen LogP contribution in [-0.4, -0.2) is 21.3 Å². The number of ketones is 1. The Labute approximate surface area is 108 Å². The minimum absolute atomic E-state index is 0.205. The van der Waals surface area contributed by atoms with E-state index in [1.165, 1.54) is 6.07 Å². The molecule has 0 amide bonds. The third-order valence-electron chi connectivity index (χ3n) is 2.85. The number of carbonyl (C=O) groups is 1. The molecule has 0 radical (unpaired) electrons. The van der Waals surface area contributed by atoms with Crippen LogP contribution in [0.2, 0.25) is 0 Å². The second kappa shape index (κ2) is 5.03. The van der Waals surface area contributed by atoms with E-state index >= 15 is 0 Å². The summed E-state index contributed by atoms with van der Waals surface area (Å²) in [5.74, 6) is -1.40. The Kier molecular flexibility index (Phi) is 3.59. The molecule has 3 nitrogen and oxygen atoms in total. The van der Waals surface area contributed by atoms with Crippen LogP contribution in [0.5, 0.6) is 0 Å². The summed E-state index contributed by atoms with van der Waals surface area (Å²) >= 11 is 0. The number of aryl methyl sites for hydroxylation is 1. The number of aromatic nitrogens is 2. The number of Topliss-reactive ketones (excluding diaryl/α,β-unsaturated/α-hetero) is 1. The molecule has 19 heavy (non-hydrogen) atoms. The predicted octanol–water partition coefficient (Wildman–Crippen LogP) is 3.42. The van der Waals surface area contributed by atoms with E-state index < -0.39 is 17.7 Å². The number of imidazole rings is 1. The molecule has 0 atom stereocenters. The summed E-state index contributed by atoms with van der Waals surface area (Å²) in [4.78, 5) is 15.3. The minimum Gasteiger partial charge on any atom is -0.303 e. The van der Waals surface area contributed by atoms with Crippen LogP contribution in [0.25, 0.3) is 5.52 Å². The molecule has 0 aliphatic carbocycles. The van der Waals surface area contributed by atoms with Gasteiger partial charge < -0.3 is 4.40 Å². The van der Waals surface area contributed by atoms with Crippen molar-refractivity contribution in [2.24, 2.45) is 0 Å². The molecule has 0 aliphatic heterocycles. The van der Waals surface area contributed by atoms with Crippen molar-refractivity contribution in [2.45, 2.75) is 32.4 Å². The van der Waals surface area contributed by atoms with Gasteiger partial charge in [0.1, 0.15) is 11.5 Å². The number of carbonyl (C=O) groups excluding carboxylic acids is 1. The molecule has 2 heterocycles. The lowest BCUT2D eigenvalue weighted by molar-refractivity contribution is -0.0887. The number of pyridine rings is 1. The highest BCUT2D eigenvalue weighted by Gasteiger charge is 2.42. The fourth-order valence-corrected chi connectivity index (χ4v) is 1.91. The van der Waals surface area contributed by atoms with Gasteiger partial charge >= 0.3 is 6.18 Å².